The Bertz CT molecular complexity index is 186. The molecule has 1 rings (SSSR count). The molecule has 1 aliphatic heterocycles. The largest absolute Gasteiger partial charge is 0.394 e. The summed E-state index contributed by atoms with van der Waals surface area (Å²) in [6.07, 6.45) is 0.807. The fourth-order valence-electron chi connectivity index (χ4n) is 1.32. The summed E-state index contributed by atoms with van der Waals surface area (Å²) >= 11 is 0. The fraction of sp³-hybridized carbons (Fsp3) is 0.889. The maximum absolute atomic E-state index is 8.97. The van der Waals surface area contributed by atoms with Gasteiger partial charge in [-0.3, -0.25) is 0 Å². The molecule has 5 heteroatoms. The van der Waals surface area contributed by atoms with Gasteiger partial charge in [-0.15, -0.1) is 0 Å². The number of aliphatic hydroxyl groups is 1. The molecule has 0 unspecified atom stereocenters. The molecule has 0 amide bonds. The Morgan fingerprint density at radius 1 is 1.57 bits per heavy atom. The summed E-state index contributed by atoms with van der Waals surface area (Å²) < 4.78 is 5.21. The molecule has 1 saturated heterocycles. The number of nitrogens with zero attached hydrogens (tertiary/aromatic N) is 2. The summed E-state index contributed by atoms with van der Waals surface area (Å²) in [5, 5.41) is 8.97. The van der Waals surface area contributed by atoms with Crippen LogP contribution in [0.5, 0.6) is 0 Å². The Hall–Kier alpha value is -0.810. The first kappa shape index (κ1) is 11.3. The van der Waals surface area contributed by atoms with Gasteiger partial charge in [0.2, 0.25) is 0 Å². The predicted molar refractivity (Wildman–Crippen MR) is 55.2 cm³/mol. The van der Waals surface area contributed by atoms with E-state index in [0.717, 1.165) is 19.5 Å². The summed E-state index contributed by atoms with van der Waals surface area (Å²) in [6.45, 7) is 5.02. The molecular weight excluding hydrogens is 182 g/mol. The maximum atomic E-state index is 8.97. The number of rotatable bonds is 3. The summed E-state index contributed by atoms with van der Waals surface area (Å²) in [6, 6.07) is -0.0714. The second kappa shape index (κ2) is 5.82. The van der Waals surface area contributed by atoms with Crippen LogP contribution in [0.4, 0.5) is 0 Å². The Balaban J connectivity index is 2.48. The first-order valence-corrected chi connectivity index (χ1v) is 5.04. The van der Waals surface area contributed by atoms with Crippen molar-refractivity contribution in [2.75, 3.05) is 32.9 Å². The van der Waals surface area contributed by atoms with Crippen molar-refractivity contribution in [1.29, 1.82) is 0 Å². The van der Waals surface area contributed by atoms with Gasteiger partial charge >= 0.3 is 0 Å². The van der Waals surface area contributed by atoms with Crippen molar-refractivity contribution < 1.29 is 9.84 Å². The Morgan fingerprint density at radius 2 is 2.21 bits per heavy atom. The van der Waals surface area contributed by atoms with Gasteiger partial charge in [-0.05, 0) is 6.42 Å². The van der Waals surface area contributed by atoms with Gasteiger partial charge in [0.25, 0.3) is 0 Å². The van der Waals surface area contributed by atoms with E-state index in [4.69, 9.17) is 15.6 Å². The van der Waals surface area contributed by atoms with Crippen LogP contribution in [0.1, 0.15) is 13.3 Å². The number of hydrogen-bond acceptors (Lipinski definition) is 3. The van der Waals surface area contributed by atoms with Crippen molar-refractivity contribution in [3.05, 3.63) is 0 Å². The molecule has 5 nitrogen and oxygen atoms in total. The number of guanidine groups is 1. The van der Waals surface area contributed by atoms with Crippen LogP contribution in [-0.4, -0.2) is 54.9 Å². The number of aliphatic hydroxyl groups excluding tert-OH is 1. The van der Waals surface area contributed by atoms with E-state index in [0.29, 0.717) is 19.2 Å². The van der Waals surface area contributed by atoms with Crippen LogP contribution < -0.4 is 5.73 Å². The van der Waals surface area contributed by atoms with Gasteiger partial charge < -0.3 is 20.5 Å². The van der Waals surface area contributed by atoms with Crippen LogP contribution in [0.3, 0.4) is 0 Å². The summed E-state index contributed by atoms with van der Waals surface area (Å²) in [7, 11) is 0. The lowest BCUT2D eigenvalue weighted by Crippen LogP contribution is -2.45. The highest BCUT2D eigenvalue weighted by molar-refractivity contribution is 5.78. The lowest BCUT2D eigenvalue weighted by atomic mass is 10.2. The number of hydrogen-bond donors (Lipinski definition) is 2. The van der Waals surface area contributed by atoms with Crippen molar-refractivity contribution in [1.82, 2.24) is 4.90 Å². The number of ether oxygens (including phenoxy) is 1. The van der Waals surface area contributed by atoms with E-state index in [1.807, 2.05) is 11.8 Å². The SMILES string of the molecule is CC[C@H](CO)N=C(N)N1CCOCC1. The highest BCUT2D eigenvalue weighted by atomic mass is 16.5. The van der Waals surface area contributed by atoms with Gasteiger partial charge in [0.1, 0.15) is 0 Å². The Kier molecular flexibility index (Phi) is 4.69. The molecule has 0 aromatic heterocycles. The quantitative estimate of drug-likeness (QED) is 0.472. The maximum Gasteiger partial charge on any atom is 0.191 e. The highest BCUT2D eigenvalue weighted by Crippen LogP contribution is 2.00. The summed E-state index contributed by atoms with van der Waals surface area (Å²) in [5.41, 5.74) is 5.81. The minimum atomic E-state index is -0.0714. The lowest BCUT2D eigenvalue weighted by Gasteiger charge is -2.28. The molecule has 0 spiro atoms. The van der Waals surface area contributed by atoms with Crippen molar-refractivity contribution >= 4 is 5.96 Å². The smallest absolute Gasteiger partial charge is 0.191 e. The van der Waals surface area contributed by atoms with E-state index in [1.165, 1.54) is 0 Å². The van der Waals surface area contributed by atoms with Crippen molar-refractivity contribution in [3.63, 3.8) is 0 Å². The van der Waals surface area contributed by atoms with Crippen molar-refractivity contribution in [2.24, 2.45) is 10.7 Å². The third-order valence-electron chi connectivity index (χ3n) is 2.33. The molecule has 0 saturated carbocycles. The normalized spacial score (nSPS) is 21.0. The van der Waals surface area contributed by atoms with Crippen molar-refractivity contribution in [3.8, 4) is 0 Å². The zero-order valence-electron chi connectivity index (χ0n) is 8.65. The van der Waals surface area contributed by atoms with E-state index >= 15 is 0 Å². The second-order valence-electron chi connectivity index (χ2n) is 3.33. The average Bonchev–Trinajstić information content (AvgIpc) is 2.26. The zero-order valence-corrected chi connectivity index (χ0v) is 8.65. The van der Waals surface area contributed by atoms with E-state index in [1.54, 1.807) is 0 Å². The van der Waals surface area contributed by atoms with Gasteiger partial charge in [-0.2, -0.15) is 0 Å². The second-order valence-corrected chi connectivity index (χ2v) is 3.33. The molecule has 0 radical (unpaired) electrons. The topological polar surface area (TPSA) is 71.1 Å². The van der Waals surface area contributed by atoms with Crippen LogP contribution in [0.15, 0.2) is 4.99 Å². The van der Waals surface area contributed by atoms with Gasteiger partial charge in [-0.25, -0.2) is 4.99 Å². The minimum Gasteiger partial charge on any atom is -0.394 e. The van der Waals surface area contributed by atoms with Gasteiger partial charge in [0.15, 0.2) is 5.96 Å². The molecule has 0 aromatic rings. The molecule has 0 aromatic carbocycles. The van der Waals surface area contributed by atoms with Gasteiger partial charge in [0.05, 0.1) is 25.9 Å². The molecule has 82 valence electrons. The molecule has 14 heavy (non-hydrogen) atoms. The zero-order chi connectivity index (χ0) is 10.4. The van der Waals surface area contributed by atoms with Gasteiger partial charge in [-0.1, -0.05) is 6.92 Å². The third kappa shape index (κ3) is 3.16. The number of morpholine rings is 1. The molecule has 1 aliphatic rings. The first-order valence-electron chi connectivity index (χ1n) is 5.04. The molecule has 0 bridgehead atoms. The fourth-order valence-corrected chi connectivity index (χ4v) is 1.32. The number of nitrogens with two attached hydrogens (primary N) is 1. The lowest BCUT2D eigenvalue weighted by molar-refractivity contribution is 0.0672. The standard InChI is InChI=1S/C9H19N3O2/c1-2-8(7-13)11-9(10)12-3-5-14-6-4-12/h8,13H,2-7H2,1H3,(H2,10,11)/t8-/m1/s1. The predicted octanol–water partition coefficient (Wildman–Crippen LogP) is -0.596. The summed E-state index contributed by atoms with van der Waals surface area (Å²) in [5.74, 6) is 0.522. The number of aliphatic imine (C=N–C) groups is 1. The van der Waals surface area contributed by atoms with Crippen LogP contribution in [0, 0.1) is 0 Å². The Morgan fingerprint density at radius 3 is 2.71 bits per heavy atom. The average molecular weight is 201 g/mol. The molecule has 1 heterocycles. The Labute approximate surface area is 84.6 Å². The molecule has 3 N–H and O–H groups in total. The summed E-state index contributed by atoms with van der Waals surface area (Å²) in [4.78, 5) is 6.24. The van der Waals surface area contributed by atoms with E-state index in [2.05, 4.69) is 4.99 Å². The molecular formula is C9H19N3O2. The van der Waals surface area contributed by atoms with Crippen LogP contribution >= 0.6 is 0 Å². The minimum absolute atomic E-state index is 0.0571. The molecule has 1 atom stereocenters. The monoisotopic (exact) mass is 201 g/mol. The highest BCUT2D eigenvalue weighted by Gasteiger charge is 2.13. The van der Waals surface area contributed by atoms with Crippen molar-refractivity contribution in [2.45, 2.75) is 19.4 Å². The van der Waals surface area contributed by atoms with Crippen LogP contribution in [0.25, 0.3) is 0 Å². The van der Waals surface area contributed by atoms with E-state index in [9.17, 15) is 0 Å². The van der Waals surface area contributed by atoms with Crippen LogP contribution in [-0.2, 0) is 4.74 Å². The van der Waals surface area contributed by atoms with Crippen LogP contribution in [0.2, 0.25) is 0 Å². The first-order chi connectivity index (χ1) is 6.77. The molecule has 1 fully saturated rings. The van der Waals surface area contributed by atoms with E-state index < -0.39 is 0 Å². The third-order valence-corrected chi connectivity index (χ3v) is 2.33. The van der Waals surface area contributed by atoms with Gasteiger partial charge in [0, 0.05) is 13.1 Å². The van der Waals surface area contributed by atoms with E-state index in [-0.39, 0.29) is 12.6 Å². The molecule has 0 aliphatic carbocycles.